The van der Waals surface area contributed by atoms with Gasteiger partial charge in [0.1, 0.15) is 0 Å². The third-order valence-electron chi connectivity index (χ3n) is 0.542. The summed E-state index contributed by atoms with van der Waals surface area (Å²) >= 11 is 5.33. The lowest BCUT2D eigenvalue weighted by atomic mass is 10.9. The van der Waals surface area contributed by atoms with E-state index in [4.69, 9.17) is 16.7 Å². The van der Waals surface area contributed by atoms with Gasteiger partial charge < -0.3 is 5.11 Å². The van der Waals surface area contributed by atoms with Gasteiger partial charge in [-0.2, -0.15) is 0 Å². The molecule has 0 unspecified atom stereocenters. The molecule has 0 heterocycles. The molecule has 0 aliphatic carbocycles. The molecule has 0 aliphatic heterocycles. The van der Waals surface area contributed by atoms with E-state index in [9.17, 15) is 0 Å². The Morgan fingerprint density at radius 2 is 2.33 bits per heavy atom. The number of aliphatic hydroxyl groups excluding tert-OH is 1. The number of halogens is 1. The maximum atomic E-state index is 8.17. The van der Waals surface area contributed by atoms with Gasteiger partial charge in [-0.3, -0.25) is 0 Å². The first-order valence-corrected chi connectivity index (χ1v) is 4.62. The molecule has 0 spiro atoms. The standard InChI is InChI=1S/C3H9ClOSi/c4-3-6-2-1-5/h5H,1-3,6H2. The predicted octanol–water partition coefficient (Wildman–Crippen LogP) is -0.238. The van der Waals surface area contributed by atoms with Crippen molar-refractivity contribution in [3.8, 4) is 0 Å². The molecule has 0 aliphatic rings. The second-order valence-electron chi connectivity index (χ2n) is 1.12. The zero-order chi connectivity index (χ0) is 4.83. The topological polar surface area (TPSA) is 20.2 Å². The van der Waals surface area contributed by atoms with Gasteiger partial charge in [-0.25, -0.2) is 0 Å². The molecule has 3 heteroatoms. The van der Waals surface area contributed by atoms with Gasteiger partial charge in [0.05, 0.1) is 0 Å². The van der Waals surface area contributed by atoms with Crippen molar-refractivity contribution in [2.45, 2.75) is 6.04 Å². The molecule has 0 atom stereocenters. The summed E-state index contributed by atoms with van der Waals surface area (Å²) in [5.74, 6) is 0. The van der Waals surface area contributed by atoms with Gasteiger partial charge in [-0.1, -0.05) is 0 Å². The monoisotopic (exact) mass is 124 g/mol. The third-order valence-corrected chi connectivity index (χ3v) is 2.43. The number of hydrogen-bond donors (Lipinski definition) is 1. The van der Waals surface area contributed by atoms with Gasteiger partial charge >= 0.3 is 0 Å². The zero-order valence-corrected chi connectivity index (χ0v) is 5.82. The van der Waals surface area contributed by atoms with E-state index in [0.717, 1.165) is 11.5 Å². The molecule has 0 aromatic heterocycles. The normalized spacial score (nSPS) is 11.0. The maximum absolute atomic E-state index is 8.17. The highest BCUT2D eigenvalue weighted by atomic mass is 35.5. The van der Waals surface area contributed by atoms with Crippen LogP contribution in [0.2, 0.25) is 6.04 Å². The van der Waals surface area contributed by atoms with E-state index in [2.05, 4.69) is 0 Å². The first-order chi connectivity index (χ1) is 2.91. The molecule has 38 valence electrons. The summed E-state index contributed by atoms with van der Waals surface area (Å²) in [6.45, 7) is 0.332. The average molecular weight is 125 g/mol. The Kier molecular flexibility index (Phi) is 5.89. The number of aliphatic hydroxyl groups is 1. The first kappa shape index (κ1) is 6.47. The molecule has 6 heavy (non-hydrogen) atoms. The minimum Gasteiger partial charge on any atom is -0.397 e. The molecule has 0 saturated carbocycles. The van der Waals surface area contributed by atoms with E-state index < -0.39 is 0 Å². The number of hydrogen-bond acceptors (Lipinski definition) is 1. The third kappa shape index (κ3) is 4.47. The molecular weight excluding hydrogens is 116 g/mol. The highest BCUT2D eigenvalue weighted by Crippen LogP contribution is 1.76. The SMILES string of the molecule is OCC[SiH2]CCl. The molecular formula is C3H9ClOSi. The van der Waals surface area contributed by atoms with Crippen molar-refractivity contribution in [3.63, 3.8) is 0 Å². The van der Waals surface area contributed by atoms with Gasteiger partial charge in [0.25, 0.3) is 0 Å². The van der Waals surface area contributed by atoms with Crippen molar-refractivity contribution >= 4 is 21.1 Å². The Morgan fingerprint density at radius 1 is 1.67 bits per heavy atom. The minimum absolute atomic E-state index is 0.0629. The molecule has 1 N–H and O–H groups in total. The van der Waals surface area contributed by atoms with Crippen molar-refractivity contribution in [3.05, 3.63) is 0 Å². The molecule has 0 amide bonds. The Morgan fingerprint density at radius 3 is 2.50 bits per heavy atom. The van der Waals surface area contributed by atoms with Gasteiger partial charge in [0, 0.05) is 21.6 Å². The number of alkyl halides is 1. The van der Waals surface area contributed by atoms with E-state index in [-0.39, 0.29) is 9.52 Å². The van der Waals surface area contributed by atoms with Gasteiger partial charge in [0.2, 0.25) is 0 Å². The first-order valence-electron chi connectivity index (χ1n) is 2.08. The molecule has 0 saturated heterocycles. The molecule has 0 aromatic carbocycles. The van der Waals surface area contributed by atoms with E-state index in [1.807, 2.05) is 0 Å². The van der Waals surface area contributed by atoms with Crippen molar-refractivity contribution in [1.82, 2.24) is 0 Å². The summed E-state index contributed by atoms with van der Waals surface area (Å²) in [4.78, 5) is 0. The smallest absolute Gasteiger partial charge is 0.0403 e. The quantitative estimate of drug-likeness (QED) is 0.313. The fourth-order valence-corrected chi connectivity index (χ4v) is 1.19. The largest absolute Gasteiger partial charge is 0.397 e. The summed E-state index contributed by atoms with van der Waals surface area (Å²) in [6.07, 6.45) is 0. The van der Waals surface area contributed by atoms with Gasteiger partial charge in [-0.15, -0.1) is 11.6 Å². The molecule has 1 nitrogen and oxygen atoms in total. The van der Waals surface area contributed by atoms with Crippen molar-refractivity contribution in [1.29, 1.82) is 0 Å². The Hall–Kier alpha value is 0.467. The lowest BCUT2D eigenvalue weighted by Gasteiger charge is -1.83. The van der Waals surface area contributed by atoms with Crippen LogP contribution in [0.5, 0.6) is 0 Å². The van der Waals surface area contributed by atoms with Crippen LogP contribution < -0.4 is 0 Å². The Labute approximate surface area is 45.1 Å². The van der Waals surface area contributed by atoms with Crippen LogP contribution in [0.25, 0.3) is 0 Å². The summed E-state index contributed by atoms with van der Waals surface area (Å²) in [6, 6.07) is 0.976. The van der Waals surface area contributed by atoms with Crippen molar-refractivity contribution in [2.75, 3.05) is 12.1 Å². The fraction of sp³-hybridized carbons (Fsp3) is 1.00. The van der Waals surface area contributed by atoms with Crippen LogP contribution in [0, 0.1) is 0 Å². The van der Waals surface area contributed by atoms with E-state index in [0.29, 0.717) is 6.61 Å². The van der Waals surface area contributed by atoms with Crippen molar-refractivity contribution in [2.24, 2.45) is 0 Å². The molecule has 0 radical (unpaired) electrons. The Balaban J connectivity index is 2.34. The molecule has 0 aromatic rings. The highest BCUT2D eigenvalue weighted by molar-refractivity contribution is 6.50. The van der Waals surface area contributed by atoms with Crippen LogP contribution in [0.3, 0.4) is 0 Å². The van der Waals surface area contributed by atoms with Crippen LogP contribution in [0.1, 0.15) is 0 Å². The van der Waals surface area contributed by atoms with Crippen LogP contribution in [-0.4, -0.2) is 26.7 Å². The Bertz CT molecular complexity index is 22.8. The zero-order valence-electron chi connectivity index (χ0n) is 3.65. The van der Waals surface area contributed by atoms with Crippen molar-refractivity contribution < 1.29 is 5.11 Å². The second kappa shape index (κ2) is 5.47. The summed E-state index contributed by atoms with van der Waals surface area (Å²) in [5, 5.41) is 8.17. The molecule has 0 fully saturated rings. The van der Waals surface area contributed by atoms with E-state index in [1.54, 1.807) is 0 Å². The second-order valence-corrected chi connectivity index (χ2v) is 4.05. The minimum atomic E-state index is -0.0629. The van der Waals surface area contributed by atoms with E-state index in [1.165, 1.54) is 0 Å². The van der Waals surface area contributed by atoms with Crippen LogP contribution in [0.4, 0.5) is 0 Å². The lowest BCUT2D eigenvalue weighted by Crippen LogP contribution is -1.93. The van der Waals surface area contributed by atoms with Crippen LogP contribution >= 0.6 is 11.6 Å². The van der Waals surface area contributed by atoms with Gasteiger partial charge in [-0.05, 0) is 6.04 Å². The average Bonchev–Trinajstić information content (AvgIpc) is 1.61. The lowest BCUT2D eigenvalue weighted by molar-refractivity contribution is 0.318. The summed E-state index contributed by atoms with van der Waals surface area (Å²) in [5.41, 5.74) is 0.806. The maximum Gasteiger partial charge on any atom is 0.0403 e. The summed E-state index contributed by atoms with van der Waals surface area (Å²) < 4.78 is 0. The van der Waals surface area contributed by atoms with Crippen LogP contribution in [0.15, 0.2) is 0 Å². The molecule has 0 bridgehead atoms. The fourth-order valence-electron chi connectivity index (χ4n) is 0.206. The van der Waals surface area contributed by atoms with Gasteiger partial charge in [0.15, 0.2) is 0 Å². The molecule has 0 rings (SSSR count). The summed E-state index contributed by atoms with van der Waals surface area (Å²) in [7, 11) is -0.0629. The van der Waals surface area contributed by atoms with Crippen LogP contribution in [-0.2, 0) is 0 Å². The highest BCUT2D eigenvalue weighted by Gasteiger charge is 1.79. The van der Waals surface area contributed by atoms with E-state index >= 15 is 0 Å². The predicted molar refractivity (Wildman–Crippen MR) is 31.2 cm³/mol. The number of rotatable bonds is 3.